The highest BCUT2D eigenvalue weighted by Crippen LogP contribution is 2.30. The van der Waals surface area contributed by atoms with Gasteiger partial charge >= 0.3 is 5.97 Å². The maximum Gasteiger partial charge on any atom is 0.328 e. The van der Waals surface area contributed by atoms with E-state index in [-0.39, 0.29) is 0 Å². The van der Waals surface area contributed by atoms with E-state index in [2.05, 4.69) is 20.6 Å². The van der Waals surface area contributed by atoms with Crippen LogP contribution in [-0.2, 0) is 20.9 Å². The highest BCUT2D eigenvalue weighted by Gasteiger charge is 2.33. The van der Waals surface area contributed by atoms with Gasteiger partial charge in [-0.3, -0.25) is 4.79 Å². The number of amides is 1. The number of nitrogens with zero attached hydrogens (tertiary/aromatic N) is 4. The number of rotatable bonds is 10. The predicted molar refractivity (Wildman–Crippen MR) is 126 cm³/mol. The molecule has 1 atom stereocenters. The van der Waals surface area contributed by atoms with Gasteiger partial charge in [0.25, 0.3) is 0 Å². The van der Waals surface area contributed by atoms with Gasteiger partial charge < -0.3 is 9.64 Å². The SMILES string of the molecule is [2H]C([2H])([2H])C([2H])([2H])C([2H])([2H])C([2H])([2H])C(=O)N(Cc1ccc(-c2ccccc2-c2nn[nH]n2)cc1)[C@H](C(=O)OC)C(C)C. The first-order valence-electron chi connectivity index (χ1n) is 14.7. The maximum atomic E-state index is 13.8. The van der Waals surface area contributed by atoms with Crippen molar-refractivity contribution in [3.63, 3.8) is 0 Å². The first-order valence-corrected chi connectivity index (χ1v) is 10.2. The van der Waals surface area contributed by atoms with E-state index in [1.165, 1.54) is 0 Å². The van der Waals surface area contributed by atoms with Crippen LogP contribution in [0, 0.1) is 5.92 Å². The molecule has 0 fully saturated rings. The van der Waals surface area contributed by atoms with Crippen molar-refractivity contribution in [1.29, 1.82) is 0 Å². The van der Waals surface area contributed by atoms with Crippen LogP contribution in [0.1, 0.15) is 57.7 Å². The number of nitrogens with one attached hydrogen (secondary N) is 1. The van der Waals surface area contributed by atoms with Gasteiger partial charge in [-0.05, 0) is 34.2 Å². The summed E-state index contributed by atoms with van der Waals surface area (Å²) >= 11 is 0. The summed E-state index contributed by atoms with van der Waals surface area (Å²) in [4.78, 5) is 27.3. The highest BCUT2D eigenvalue weighted by molar-refractivity contribution is 5.85. The van der Waals surface area contributed by atoms with Crippen LogP contribution in [0.3, 0.4) is 0 Å². The molecule has 8 nitrogen and oxygen atoms in total. The number of methoxy groups -OCH3 is 1. The van der Waals surface area contributed by atoms with Gasteiger partial charge in [0.2, 0.25) is 11.7 Å². The number of ether oxygens (including phenoxy) is 1. The molecule has 174 valence electrons. The maximum absolute atomic E-state index is 13.8. The van der Waals surface area contributed by atoms with E-state index >= 15 is 0 Å². The Hall–Kier alpha value is -3.55. The molecule has 8 heteroatoms. The lowest BCUT2D eigenvalue weighted by atomic mass is 9.97. The van der Waals surface area contributed by atoms with Crippen molar-refractivity contribution < 1.29 is 26.7 Å². The monoisotopic (exact) mass is 458 g/mol. The van der Waals surface area contributed by atoms with Gasteiger partial charge in [0.05, 0.1) is 7.11 Å². The number of H-pyrrole nitrogens is 1. The third-order valence-electron chi connectivity index (χ3n) is 5.03. The molecule has 1 heterocycles. The van der Waals surface area contributed by atoms with Crippen LogP contribution in [0.2, 0.25) is 0 Å². The number of aromatic amines is 1. The van der Waals surface area contributed by atoms with E-state index in [1.54, 1.807) is 38.1 Å². The number of carbonyl (C=O) groups is 2. The third-order valence-corrected chi connectivity index (χ3v) is 5.03. The second-order valence-corrected chi connectivity index (χ2v) is 7.50. The van der Waals surface area contributed by atoms with Crippen molar-refractivity contribution in [2.45, 2.75) is 52.4 Å². The van der Waals surface area contributed by atoms with Crippen molar-refractivity contribution in [1.82, 2.24) is 25.5 Å². The molecule has 0 bridgehead atoms. The van der Waals surface area contributed by atoms with E-state index in [4.69, 9.17) is 17.1 Å². The van der Waals surface area contributed by atoms with E-state index < -0.39 is 56.4 Å². The average molecular weight is 459 g/mol. The van der Waals surface area contributed by atoms with Gasteiger partial charge in [0.15, 0.2) is 0 Å². The largest absolute Gasteiger partial charge is 0.467 e. The molecule has 0 aliphatic rings. The zero-order valence-corrected chi connectivity index (χ0v) is 18.5. The predicted octanol–water partition coefficient (Wildman–Crippen LogP) is 4.25. The summed E-state index contributed by atoms with van der Waals surface area (Å²) in [5.41, 5.74) is 2.63. The molecule has 0 aliphatic heterocycles. The third kappa shape index (κ3) is 5.83. The zero-order valence-electron chi connectivity index (χ0n) is 27.5. The minimum Gasteiger partial charge on any atom is -0.467 e. The first-order chi connectivity index (χ1) is 19.4. The Bertz CT molecular complexity index is 1400. The van der Waals surface area contributed by atoms with Gasteiger partial charge in [-0.2, -0.15) is 5.21 Å². The Balaban J connectivity index is 2.05. The topological polar surface area (TPSA) is 101 Å². The lowest BCUT2D eigenvalue weighted by molar-refractivity contribution is -0.155. The lowest BCUT2D eigenvalue weighted by Gasteiger charge is -2.32. The fourth-order valence-corrected chi connectivity index (χ4v) is 3.53. The Kier molecular flexibility index (Phi) is 5.01. The number of hydrogen-bond donors (Lipinski definition) is 1. The average Bonchev–Trinajstić information content (AvgIpc) is 3.46. The van der Waals surface area contributed by atoms with Gasteiger partial charge in [0.1, 0.15) is 6.04 Å². The molecule has 0 saturated heterocycles. The van der Waals surface area contributed by atoms with Crippen molar-refractivity contribution >= 4 is 11.9 Å². The molecule has 0 radical (unpaired) electrons. The van der Waals surface area contributed by atoms with E-state index in [1.807, 2.05) is 24.3 Å². The summed E-state index contributed by atoms with van der Waals surface area (Å²) < 4.78 is 76.0. The Morgan fingerprint density at radius 3 is 2.48 bits per heavy atom. The molecule has 1 N–H and O–H groups in total. The molecule has 0 spiro atoms. The Morgan fingerprint density at radius 2 is 1.88 bits per heavy atom. The Labute approximate surface area is 207 Å². The van der Waals surface area contributed by atoms with Crippen LogP contribution in [0.4, 0.5) is 0 Å². The summed E-state index contributed by atoms with van der Waals surface area (Å²) in [6.45, 7) is -0.838. The lowest BCUT2D eigenvalue weighted by Crippen LogP contribution is -2.48. The number of hydrogen-bond acceptors (Lipinski definition) is 6. The molecule has 33 heavy (non-hydrogen) atoms. The number of carbonyl (C=O) groups excluding carboxylic acids is 2. The highest BCUT2D eigenvalue weighted by atomic mass is 16.5. The molecule has 3 aromatic rings. The van der Waals surface area contributed by atoms with Crippen molar-refractivity contribution in [3.05, 3.63) is 54.1 Å². The minimum atomic E-state index is -3.82. The molecule has 0 aliphatic carbocycles. The fourth-order valence-electron chi connectivity index (χ4n) is 3.53. The van der Waals surface area contributed by atoms with Crippen LogP contribution < -0.4 is 0 Å². The van der Waals surface area contributed by atoms with Crippen molar-refractivity contribution in [2.24, 2.45) is 5.92 Å². The molecular weight excluding hydrogens is 418 g/mol. The van der Waals surface area contributed by atoms with Gasteiger partial charge in [-0.1, -0.05) is 75.6 Å². The number of esters is 1. The van der Waals surface area contributed by atoms with Crippen molar-refractivity contribution in [2.75, 3.05) is 7.11 Å². The van der Waals surface area contributed by atoms with Crippen LogP contribution in [0.5, 0.6) is 0 Å². The molecule has 2 aromatic carbocycles. The summed E-state index contributed by atoms with van der Waals surface area (Å²) in [5, 5.41) is 14.0. The number of aromatic nitrogens is 4. The van der Waals surface area contributed by atoms with Gasteiger partial charge in [-0.15, -0.1) is 10.2 Å². The fraction of sp³-hybridized carbons (Fsp3) is 0.400. The second-order valence-electron chi connectivity index (χ2n) is 7.50. The minimum absolute atomic E-state index is 0.373. The van der Waals surface area contributed by atoms with Crippen molar-refractivity contribution in [3.8, 4) is 22.5 Å². The van der Waals surface area contributed by atoms with Crippen LogP contribution in [0.15, 0.2) is 48.5 Å². The smallest absolute Gasteiger partial charge is 0.328 e. The normalized spacial score (nSPS) is 17.6. The number of tetrazole rings is 1. The van der Waals surface area contributed by atoms with E-state index in [0.29, 0.717) is 17.0 Å². The standard InChI is InChI=1S/C25H31N5O3/c1-5-6-11-22(31)30(23(17(2)3)25(32)33-4)16-18-12-14-19(15-13-18)20-9-7-8-10-21(20)24-26-28-29-27-24/h7-10,12-15,17,23H,5-6,11,16H2,1-4H3,(H,26,27,28,29)/t23-/m0/s1/i1D3,5D2,6D2,11D2. The van der Waals surface area contributed by atoms with Gasteiger partial charge in [-0.25, -0.2) is 4.79 Å². The van der Waals surface area contributed by atoms with E-state index in [0.717, 1.165) is 23.1 Å². The molecule has 0 saturated carbocycles. The summed E-state index contributed by atoms with van der Waals surface area (Å²) in [6.07, 6.45) is -11.3. The molecular formula is C25H31N5O3. The summed E-state index contributed by atoms with van der Waals surface area (Å²) in [7, 11) is 1.08. The summed E-state index contributed by atoms with van der Waals surface area (Å²) in [5.74, 6) is -2.77. The van der Waals surface area contributed by atoms with Crippen LogP contribution >= 0.6 is 0 Å². The number of benzene rings is 2. The van der Waals surface area contributed by atoms with Crippen LogP contribution in [0.25, 0.3) is 22.5 Å². The van der Waals surface area contributed by atoms with Crippen LogP contribution in [-0.4, -0.2) is 50.6 Å². The summed E-state index contributed by atoms with van der Waals surface area (Å²) in [6, 6.07) is 12.6. The molecule has 0 unspecified atom stereocenters. The van der Waals surface area contributed by atoms with E-state index in [9.17, 15) is 9.59 Å². The molecule has 3 rings (SSSR count). The zero-order chi connectivity index (χ0) is 31.7. The second kappa shape index (κ2) is 11.4. The first kappa shape index (κ1) is 14.6. The molecule has 1 amide bonds. The quantitative estimate of drug-likeness (QED) is 0.456. The van der Waals surface area contributed by atoms with Gasteiger partial charge in [0, 0.05) is 30.8 Å². The Morgan fingerprint density at radius 1 is 1.15 bits per heavy atom. The molecule has 1 aromatic heterocycles.